The maximum absolute atomic E-state index is 12.6. The van der Waals surface area contributed by atoms with E-state index in [1.54, 1.807) is 0 Å². The number of urea groups is 1. The van der Waals surface area contributed by atoms with E-state index in [0.717, 1.165) is 24.3 Å². The fourth-order valence-corrected chi connectivity index (χ4v) is 1.95. The molecule has 0 radical (unpaired) electrons. The lowest BCUT2D eigenvalue weighted by molar-refractivity contribution is -0.393. The molecule has 26 heavy (non-hydrogen) atoms. The van der Waals surface area contributed by atoms with Crippen molar-refractivity contribution in [2.24, 2.45) is 0 Å². The summed E-state index contributed by atoms with van der Waals surface area (Å²) in [4.78, 5) is 31.7. The van der Waals surface area contributed by atoms with Gasteiger partial charge in [-0.05, 0) is 24.3 Å². The summed E-state index contributed by atoms with van der Waals surface area (Å²) in [7, 11) is 0. The van der Waals surface area contributed by atoms with Gasteiger partial charge in [-0.15, -0.1) is 0 Å². The molecule has 136 valence electrons. The monoisotopic (exact) mass is 370 g/mol. The maximum atomic E-state index is 12.6. The molecule has 0 bridgehead atoms. The molecule has 0 saturated heterocycles. The average Bonchev–Trinajstić information content (AvgIpc) is 2.54. The average molecular weight is 370 g/mol. The van der Waals surface area contributed by atoms with Gasteiger partial charge in [-0.3, -0.25) is 20.2 Å². The number of benzene rings is 2. The molecule has 0 aliphatic rings. The van der Waals surface area contributed by atoms with Crippen LogP contribution in [0.15, 0.2) is 42.5 Å². The lowest BCUT2D eigenvalue weighted by atomic mass is 10.2. The van der Waals surface area contributed by atoms with Crippen molar-refractivity contribution < 1.29 is 27.8 Å². The van der Waals surface area contributed by atoms with Crippen LogP contribution >= 0.6 is 0 Å². The molecule has 2 aromatic rings. The third-order valence-corrected chi connectivity index (χ3v) is 3.08. The van der Waals surface area contributed by atoms with E-state index in [2.05, 4.69) is 10.6 Å². The van der Waals surface area contributed by atoms with Gasteiger partial charge >= 0.3 is 12.2 Å². The van der Waals surface area contributed by atoms with Gasteiger partial charge in [0.2, 0.25) is 0 Å². The Hall–Kier alpha value is -3.70. The van der Waals surface area contributed by atoms with Crippen molar-refractivity contribution in [3.8, 4) is 0 Å². The standard InChI is InChI=1S/C14H9F3N4O5/c15-14(16,17)8-2-1-3-9(6-8)18-13(22)19-11-5-4-10(20(23)24)7-12(11)21(25)26/h1-7H,(H2,18,19,22). The molecule has 2 aromatic carbocycles. The van der Waals surface area contributed by atoms with E-state index in [1.807, 2.05) is 0 Å². The van der Waals surface area contributed by atoms with Crippen LogP contribution in [0.1, 0.15) is 5.56 Å². The minimum absolute atomic E-state index is 0.193. The van der Waals surface area contributed by atoms with Crippen LogP contribution in [-0.2, 0) is 6.18 Å². The number of nitro groups is 2. The van der Waals surface area contributed by atoms with E-state index in [0.29, 0.717) is 12.1 Å². The number of nitro benzene ring substituents is 2. The van der Waals surface area contributed by atoms with Crippen molar-refractivity contribution in [2.75, 3.05) is 10.6 Å². The predicted molar refractivity (Wildman–Crippen MR) is 83.8 cm³/mol. The molecule has 0 aromatic heterocycles. The van der Waals surface area contributed by atoms with Crippen LogP contribution in [0.3, 0.4) is 0 Å². The Morgan fingerprint density at radius 2 is 1.65 bits per heavy atom. The number of amides is 2. The molecular formula is C14H9F3N4O5. The summed E-state index contributed by atoms with van der Waals surface area (Å²) in [6, 6.07) is 5.25. The third kappa shape index (κ3) is 4.43. The molecule has 2 N–H and O–H groups in total. The molecule has 12 heteroatoms. The van der Waals surface area contributed by atoms with Gasteiger partial charge in [0.15, 0.2) is 0 Å². The molecular weight excluding hydrogens is 361 g/mol. The first-order valence-corrected chi connectivity index (χ1v) is 6.76. The molecule has 0 aliphatic heterocycles. The molecule has 0 spiro atoms. The first-order valence-electron chi connectivity index (χ1n) is 6.76. The molecule has 2 amide bonds. The van der Waals surface area contributed by atoms with Crippen LogP contribution in [-0.4, -0.2) is 15.9 Å². The summed E-state index contributed by atoms with van der Waals surface area (Å²) in [6.07, 6.45) is -4.61. The molecule has 0 atom stereocenters. The molecule has 9 nitrogen and oxygen atoms in total. The van der Waals surface area contributed by atoms with Crippen molar-refractivity contribution in [1.29, 1.82) is 0 Å². The number of carbonyl (C=O) groups excluding carboxylic acids is 1. The molecule has 0 heterocycles. The molecule has 0 fully saturated rings. The molecule has 2 rings (SSSR count). The zero-order valence-corrected chi connectivity index (χ0v) is 12.6. The third-order valence-electron chi connectivity index (χ3n) is 3.08. The van der Waals surface area contributed by atoms with Gasteiger partial charge in [0.1, 0.15) is 5.69 Å². The Morgan fingerprint density at radius 1 is 0.962 bits per heavy atom. The number of hydrogen-bond donors (Lipinski definition) is 2. The fourth-order valence-electron chi connectivity index (χ4n) is 1.95. The summed E-state index contributed by atoms with van der Waals surface area (Å²) in [6.45, 7) is 0. The van der Waals surface area contributed by atoms with Crippen molar-refractivity contribution >= 4 is 28.8 Å². The summed E-state index contributed by atoms with van der Waals surface area (Å²) >= 11 is 0. The van der Waals surface area contributed by atoms with Crippen LogP contribution in [0.4, 0.5) is 40.7 Å². The highest BCUT2D eigenvalue weighted by atomic mass is 19.4. The number of alkyl halides is 3. The Bertz CT molecular complexity index is 885. The van der Waals surface area contributed by atoms with Crippen LogP contribution in [0.2, 0.25) is 0 Å². The normalized spacial score (nSPS) is 10.9. The summed E-state index contributed by atoms with van der Waals surface area (Å²) in [5.41, 5.74) is -2.83. The number of nitrogens with zero attached hydrogens (tertiary/aromatic N) is 2. The number of nitrogens with one attached hydrogen (secondary N) is 2. The van der Waals surface area contributed by atoms with E-state index in [-0.39, 0.29) is 11.4 Å². The smallest absolute Gasteiger partial charge is 0.308 e. The lowest BCUT2D eigenvalue weighted by Gasteiger charge is -2.11. The molecule has 0 saturated carbocycles. The SMILES string of the molecule is O=C(Nc1cccc(C(F)(F)F)c1)Nc1ccc([N+](=O)[O-])cc1[N+](=O)[O-]. The van der Waals surface area contributed by atoms with E-state index in [4.69, 9.17) is 0 Å². The van der Waals surface area contributed by atoms with Crippen LogP contribution < -0.4 is 10.6 Å². The number of hydrogen-bond acceptors (Lipinski definition) is 5. The number of non-ortho nitro benzene ring substituents is 1. The summed E-state index contributed by atoms with van der Waals surface area (Å²) in [5.74, 6) is 0. The van der Waals surface area contributed by atoms with Crippen LogP contribution in [0.5, 0.6) is 0 Å². The number of halogens is 3. The minimum Gasteiger partial charge on any atom is -0.308 e. The quantitative estimate of drug-likeness (QED) is 0.617. The highest BCUT2D eigenvalue weighted by Gasteiger charge is 2.30. The zero-order valence-electron chi connectivity index (χ0n) is 12.6. The van der Waals surface area contributed by atoms with E-state index >= 15 is 0 Å². The van der Waals surface area contributed by atoms with Gasteiger partial charge in [-0.25, -0.2) is 4.79 Å². The van der Waals surface area contributed by atoms with Crippen molar-refractivity contribution in [3.05, 3.63) is 68.3 Å². The lowest BCUT2D eigenvalue weighted by Crippen LogP contribution is -2.20. The van der Waals surface area contributed by atoms with Crippen molar-refractivity contribution in [2.45, 2.75) is 6.18 Å². The molecule has 0 unspecified atom stereocenters. The second kappa shape index (κ2) is 7.04. The van der Waals surface area contributed by atoms with Crippen LogP contribution in [0.25, 0.3) is 0 Å². The Kier molecular flexibility index (Phi) is 5.05. The van der Waals surface area contributed by atoms with Gasteiger partial charge in [-0.2, -0.15) is 13.2 Å². The highest BCUT2D eigenvalue weighted by Crippen LogP contribution is 2.31. The van der Waals surface area contributed by atoms with E-state index < -0.39 is 39.0 Å². The van der Waals surface area contributed by atoms with E-state index in [1.165, 1.54) is 6.07 Å². The first kappa shape index (κ1) is 18.6. The van der Waals surface area contributed by atoms with E-state index in [9.17, 15) is 38.2 Å². The summed E-state index contributed by atoms with van der Waals surface area (Å²) in [5, 5.41) is 25.8. The highest BCUT2D eigenvalue weighted by molar-refractivity contribution is 6.01. The topological polar surface area (TPSA) is 127 Å². The molecule has 0 aliphatic carbocycles. The minimum atomic E-state index is -4.61. The van der Waals surface area contributed by atoms with Crippen molar-refractivity contribution in [3.63, 3.8) is 0 Å². The van der Waals surface area contributed by atoms with Gasteiger partial charge < -0.3 is 10.6 Å². The van der Waals surface area contributed by atoms with Crippen molar-refractivity contribution in [1.82, 2.24) is 0 Å². The maximum Gasteiger partial charge on any atom is 0.416 e. The van der Waals surface area contributed by atoms with Gasteiger partial charge in [0, 0.05) is 11.8 Å². The first-order chi connectivity index (χ1) is 12.1. The summed E-state index contributed by atoms with van der Waals surface area (Å²) < 4.78 is 37.9. The number of anilines is 2. The predicted octanol–water partition coefficient (Wildman–Crippen LogP) is 4.17. The van der Waals surface area contributed by atoms with Gasteiger partial charge in [0.25, 0.3) is 11.4 Å². The fraction of sp³-hybridized carbons (Fsp3) is 0.0714. The second-order valence-corrected chi connectivity index (χ2v) is 4.87. The Labute approximate surface area is 142 Å². The zero-order chi connectivity index (χ0) is 19.5. The Morgan fingerprint density at radius 3 is 2.23 bits per heavy atom. The van der Waals surface area contributed by atoms with Crippen LogP contribution in [0, 0.1) is 20.2 Å². The largest absolute Gasteiger partial charge is 0.416 e. The van der Waals surface area contributed by atoms with Gasteiger partial charge in [-0.1, -0.05) is 6.07 Å². The number of rotatable bonds is 4. The second-order valence-electron chi connectivity index (χ2n) is 4.87. The Balaban J connectivity index is 2.20. The number of carbonyl (C=O) groups is 1. The van der Waals surface area contributed by atoms with Gasteiger partial charge in [0.05, 0.1) is 21.5 Å².